The lowest BCUT2D eigenvalue weighted by Crippen LogP contribution is -2.50. The molecule has 1 aromatic rings. The molecule has 0 aliphatic carbocycles. The molecule has 0 bridgehead atoms. The Morgan fingerprint density at radius 1 is 1.18 bits per heavy atom. The van der Waals surface area contributed by atoms with Gasteiger partial charge in [-0.1, -0.05) is 27.4 Å². The van der Waals surface area contributed by atoms with Crippen LogP contribution < -0.4 is 4.74 Å². The molecular weight excluding hydrogens is 282 g/mol. The second-order valence-corrected chi connectivity index (χ2v) is 6.77. The molecule has 22 heavy (non-hydrogen) atoms. The highest BCUT2D eigenvalue weighted by molar-refractivity contribution is 5.68. The predicted molar refractivity (Wildman–Crippen MR) is 85.8 cm³/mol. The Kier molecular flexibility index (Phi) is 5.25. The first-order chi connectivity index (χ1) is 9.96. The molecule has 0 saturated carbocycles. The van der Waals surface area contributed by atoms with Gasteiger partial charge >= 0.3 is 5.97 Å². The van der Waals surface area contributed by atoms with E-state index in [4.69, 9.17) is 9.84 Å². The van der Waals surface area contributed by atoms with E-state index in [1.807, 2.05) is 34.6 Å². The standard InChI is InChI=1S/C17H25NO4/c1-12(18(21)17(5,6)16(2,3)4)13-7-9-14(10-8-13)22-11-15(19)20/h7-10,21H,1,11H2,2-6H3,(H,19,20). The molecule has 0 amide bonds. The maximum atomic E-state index is 10.5. The molecular formula is C17H25NO4. The van der Waals surface area contributed by atoms with Gasteiger partial charge in [0.25, 0.3) is 0 Å². The van der Waals surface area contributed by atoms with E-state index < -0.39 is 11.5 Å². The van der Waals surface area contributed by atoms with Crippen molar-refractivity contribution in [2.24, 2.45) is 5.41 Å². The number of carboxylic acid groups (broad SMARTS) is 1. The smallest absolute Gasteiger partial charge is 0.341 e. The zero-order valence-electron chi connectivity index (χ0n) is 13.9. The number of carbonyl (C=O) groups is 1. The van der Waals surface area contributed by atoms with Crippen LogP contribution in [0.25, 0.3) is 5.70 Å². The van der Waals surface area contributed by atoms with Crippen molar-refractivity contribution < 1.29 is 19.8 Å². The molecule has 0 spiro atoms. The third kappa shape index (κ3) is 4.01. The average molecular weight is 307 g/mol. The minimum Gasteiger partial charge on any atom is -0.482 e. The normalized spacial score (nSPS) is 11.9. The van der Waals surface area contributed by atoms with Crippen LogP contribution in [-0.2, 0) is 4.79 Å². The molecule has 1 rings (SSSR count). The minimum absolute atomic E-state index is 0.158. The Hall–Kier alpha value is -2.01. The predicted octanol–water partition coefficient (Wildman–Crippen LogP) is 3.64. The van der Waals surface area contributed by atoms with E-state index in [2.05, 4.69) is 6.58 Å². The van der Waals surface area contributed by atoms with E-state index in [9.17, 15) is 10.0 Å². The largest absolute Gasteiger partial charge is 0.482 e. The summed E-state index contributed by atoms with van der Waals surface area (Å²) in [6.07, 6.45) is 0. The molecule has 0 aromatic heterocycles. The topological polar surface area (TPSA) is 70.0 Å². The fourth-order valence-electron chi connectivity index (χ4n) is 1.67. The van der Waals surface area contributed by atoms with Gasteiger partial charge in [0.1, 0.15) is 5.75 Å². The van der Waals surface area contributed by atoms with Crippen molar-refractivity contribution in [3.8, 4) is 5.75 Å². The van der Waals surface area contributed by atoms with E-state index >= 15 is 0 Å². The first-order valence-electron chi connectivity index (χ1n) is 7.10. The number of hydroxylamine groups is 2. The Morgan fingerprint density at radius 2 is 1.68 bits per heavy atom. The van der Waals surface area contributed by atoms with Gasteiger partial charge in [0, 0.05) is 0 Å². The molecule has 5 heteroatoms. The van der Waals surface area contributed by atoms with Crippen LogP contribution in [0.1, 0.15) is 40.2 Å². The van der Waals surface area contributed by atoms with Gasteiger partial charge in [-0.25, -0.2) is 4.79 Å². The van der Waals surface area contributed by atoms with Crippen molar-refractivity contribution >= 4 is 11.7 Å². The highest BCUT2D eigenvalue weighted by Crippen LogP contribution is 2.38. The lowest BCUT2D eigenvalue weighted by molar-refractivity contribution is -0.143. The van der Waals surface area contributed by atoms with Crippen molar-refractivity contribution in [3.63, 3.8) is 0 Å². The first kappa shape index (κ1) is 18.0. The fraction of sp³-hybridized carbons (Fsp3) is 0.471. The highest BCUT2D eigenvalue weighted by atomic mass is 16.5. The molecule has 0 aliphatic rings. The molecule has 0 unspecified atom stereocenters. The van der Waals surface area contributed by atoms with Crippen LogP contribution in [0.5, 0.6) is 5.75 Å². The number of aliphatic carboxylic acids is 1. The molecule has 1 aromatic carbocycles. The zero-order valence-corrected chi connectivity index (χ0v) is 13.9. The molecule has 0 fully saturated rings. The highest BCUT2D eigenvalue weighted by Gasteiger charge is 2.39. The maximum absolute atomic E-state index is 10.5. The van der Waals surface area contributed by atoms with E-state index in [0.717, 1.165) is 5.56 Å². The number of rotatable bonds is 6. The Bertz CT molecular complexity index is 541. The number of hydrogen-bond donors (Lipinski definition) is 2. The molecule has 2 N–H and O–H groups in total. The maximum Gasteiger partial charge on any atom is 0.341 e. The van der Waals surface area contributed by atoms with Gasteiger partial charge in [-0.3, -0.25) is 10.3 Å². The number of ether oxygens (including phenoxy) is 1. The lowest BCUT2D eigenvalue weighted by atomic mass is 9.75. The van der Waals surface area contributed by atoms with Crippen LogP contribution in [0, 0.1) is 5.41 Å². The zero-order chi connectivity index (χ0) is 17.1. The molecule has 0 radical (unpaired) electrons. The number of carboxylic acids is 1. The van der Waals surface area contributed by atoms with E-state index in [1.165, 1.54) is 5.06 Å². The third-order valence-electron chi connectivity index (χ3n) is 4.17. The monoisotopic (exact) mass is 307 g/mol. The summed E-state index contributed by atoms with van der Waals surface area (Å²) in [4.78, 5) is 10.5. The van der Waals surface area contributed by atoms with Gasteiger partial charge in [-0.15, -0.1) is 0 Å². The average Bonchev–Trinajstić information content (AvgIpc) is 2.42. The molecule has 5 nitrogen and oxygen atoms in total. The second kappa shape index (κ2) is 6.40. The molecule has 122 valence electrons. The van der Waals surface area contributed by atoms with Gasteiger partial charge in [-0.05, 0) is 49.1 Å². The van der Waals surface area contributed by atoms with Gasteiger partial charge in [0.15, 0.2) is 6.61 Å². The van der Waals surface area contributed by atoms with Crippen LogP contribution >= 0.6 is 0 Å². The summed E-state index contributed by atoms with van der Waals surface area (Å²) in [5.74, 6) is -0.569. The molecule has 0 heterocycles. The summed E-state index contributed by atoms with van der Waals surface area (Å²) in [7, 11) is 0. The summed E-state index contributed by atoms with van der Waals surface area (Å²) in [6.45, 7) is 13.6. The van der Waals surface area contributed by atoms with Gasteiger partial charge in [0.2, 0.25) is 0 Å². The van der Waals surface area contributed by atoms with Crippen LogP contribution in [-0.4, -0.2) is 33.5 Å². The number of hydrogen-bond acceptors (Lipinski definition) is 4. The van der Waals surface area contributed by atoms with Gasteiger partial charge in [0.05, 0.1) is 11.2 Å². The van der Waals surface area contributed by atoms with Gasteiger partial charge in [-0.2, -0.15) is 0 Å². The Labute approximate surface area is 131 Å². The minimum atomic E-state index is -1.03. The number of nitrogens with zero attached hydrogens (tertiary/aromatic N) is 1. The van der Waals surface area contributed by atoms with E-state index in [-0.39, 0.29) is 12.0 Å². The van der Waals surface area contributed by atoms with Crippen LogP contribution in [0.4, 0.5) is 0 Å². The number of benzene rings is 1. The first-order valence-corrected chi connectivity index (χ1v) is 7.10. The van der Waals surface area contributed by atoms with E-state index in [1.54, 1.807) is 24.3 Å². The second-order valence-electron chi connectivity index (χ2n) is 6.77. The SMILES string of the molecule is C=C(c1ccc(OCC(=O)O)cc1)N(O)C(C)(C)C(C)(C)C. The van der Waals surface area contributed by atoms with Crippen molar-refractivity contribution in [1.29, 1.82) is 0 Å². The van der Waals surface area contributed by atoms with Gasteiger partial charge < -0.3 is 9.84 Å². The quantitative estimate of drug-likeness (QED) is 0.785. The molecule has 0 atom stereocenters. The summed E-state index contributed by atoms with van der Waals surface area (Å²) in [6, 6.07) is 6.78. The third-order valence-corrected chi connectivity index (χ3v) is 4.17. The van der Waals surface area contributed by atoms with Crippen LogP contribution in [0.2, 0.25) is 0 Å². The van der Waals surface area contributed by atoms with Crippen molar-refractivity contribution in [2.45, 2.75) is 40.2 Å². The lowest BCUT2D eigenvalue weighted by Gasteiger charge is -2.45. The Balaban J connectivity index is 2.88. The summed E-state index contributed by atoms with van der Waals surface area (Å²) < 4.78 is 5.08. The summed E-state index contributed by atoms with van der Waals surface area (Å²) in [5, 5.41) is 20.3. The molecule has 0 saturated heterocycles. The van der Waals surface area contributed by atoms with Crippen LogP contribution in [0.15, 0.2) is 30.8 Å². The Morgan fingerprint density at radius 3 is 2.09 bits per heavy atom. The fourth-order valence-corrected chi connectivity index (χ4v) is 1.67. The van der Waals surface area contributed by atoms with Crippen molar-refractivity contribution in [1.82, 2.24) is 5.06 Å². The summed E-state index contributed by atoms with van der Waals surface area (Å²) in [5.41, 5.74) is 0.546. The van der Waals surface area contributed by atoms with Crippen molar-refractivity contribution in [2.75, 3.05) is 6.61 Å². The summed E-state index contributed by atoms with van der Waals surface area (Å²) >= 11 is 0. The van der Waals surface area contributed by atoms with Crippen molar-refractivity contribution in [3.05, 3.63) is 36.4 Å². The molecule has 0 aliphatic heterocycles. The van der Waals surface area contributed by atoms with E-state index in [0.29, 0.717) is 11.4 Å². The van der Waals surface area contributed by atoms with Crippen LogP contribution in [0.3, 0.4) is 0 Å².